The van der Waals surface area contributed by atoms with Gasteiger partial charge in [-0.1, -0.05) is 70.8 Å². The fourth-order valence-electron chi connectivity index (χ4n) is 2.78. The Bertz CT molecular complexity index is 487. The van der Waals surface area contributed by atoms with E-state index in [9.17, 15) is 9.59 Å². The van der Waals surface area contributed by atoms with Crippen molar-refractivity contribution in [1.82, 2.24) is 4.90 Å². The highest BCUT2D eigenvalue weighted by atomic mass is 32.1. The topological polar surface area (TPSA) is 46.6 Å². The first-order valence-electron chi connectivity index (χ1n) is 10.1. The van der Waals surface area contributed by atoms with Gasteiger partial charge in [-0.15, -0.1) is 11.3 Å². The SMILES string of the molecule is CCCCCCCCCCCCOC(=O)N(C)CCC(=O)c1cccs1. The lowest BCUT2D eigenvalue weighted by atomic mass is 10.1. The number of amides is 1. The van der Waals surface area contributed by atoms with Crippen LogP contribution in [-0.4, -0.2) is 37.0 Å². The minimum atomic E-state index is -0.333. The highest BCUT2D eigenvalue weighted by Gasteiger charge is 2.13. The maximum Gasteiger partial charge on any atom is 0.409 e. The zero-order chi connectivity index (χ0) is 19.0. The summed E-state index contributed by atoms with van der Waals surface area (Å²) in [6.07, 6.45) is 12.6. The van der Waals surface area contributed by atoms with Crippen molar-refractivity contribution >= 4 is 23.2 Å². The van der Waals surface area contributed by atoms with E-state index in [0.717, 1.165) is 17.7 Å². The van der Waals surface area contributed by atoms with Crippen molar-refractivity contribution in [2.45, 2.75) is 77.6 Å². The van der Waals surface area contributed by atoms with Crippen LogP contribution >= 0.6 is 11.3 Å². The van der Waals surface area contributed by atoms with Crippen molar-refractivity contribution in [2.24, 2.45) is 0 Å². The number of nitrogens with zero attached hydrogens (tertiary/aromatic N) is 1. The maximum absolute atomic E-state index is 11.9. The molecular formula is C21H35NO3S. The van der Waals surface area contributed by atoms with E-state index < -0.39 is 0 Å². The third-order valence-electron chi connectivity index (χ3n) is 4.51. The summed E-state index contributed by atoms with van der Waals surface area (Å²) in [5.74, 6) is 0.0781. The van der Waals surface area contributed by atoms with Gasteiger partial charge in [0.25, 0.3) is 0 Å². The number of carbonyl (C=O) groups is 2. The molecule has 0 N–H and O–H groups in total. The Hall–Kier alpha value is -1.36. The molecule has 0 saturated heterocycles. The normalized spacial score (nSPS) is 10.7. The van der Waals surface area contributed by atoms with Crippen LogP contribution in [0.15, 0.2) is 17.5 Å². The van der Waals surface area contributed by atoms with Crippen molar-refractivity contribution < 1.29 is 14.3 Å². The van der Waals surface area contributed by atoms with Gasteiger partial charge >= 0.3 is 6.09 Å². The average Bonchev–Trinajstić information content (AvgIpc) is 3.18. The van der Waals surface area contributed by atoms with E-state index in [-0.39, 0.29) is 11.9 Å². The van der Waals surface area contributed by atoms with E-state index >= 15 is 0 Å². The standard InChI is InChI=1S/C21H35NO3S/c1-3-4-5-6-7-8-9-10-11-12-17-25-21(24)22(2)16-15-19(23)20-14-13-18-26-20/h13-14,18H,3-12,15-17H2,1-2H3. The van der Waals surface area contributed by atoms with Gasteiger partial charge in [-0.2, -0.15) is 0 Å². The summed E-state index contributed by atoms with van der Waals surface area (Å²) in [6, 6.07) is 3.68. The number of Topliss-reactive ketones (excluding diaryl/α,β-unsaturated/α-hetero) is 1. The first kappa shape index (κ1) is 22.7. The zero-order valence-electron chi connectivity index (χ0n) is 16.5. The Labute approximate surface area is 162 Å². The van der Waals surface area contributed by atoms with Crippen LogP contribution in [0, 0.1) is 0 Å². The fourth-order valence-corrected chi connectivity index (χ4v) is 3.47. The molecule has 0 saturated carbocycles. The number of hydrogen-bond donors (Lipinski definition) is 0. The van der Waals surface area contributed by atoms with E-state index in [1.54, 1.807) is 7.05 Å². The highest BCUT2D eigenvalue weighted by molar-refractivity contribution is 7.12. The second-order valence-corrected chi connectivity index (χ2v) is 7.82. The van der Waals surface area contributed by atoms with E-state index in [2.05, 4.69) is 6.92 Å². The van der Waals surface area contributed by atoms with Crippen molar-refractivity contribution in [3.63, 3.8) is 0 Å². The molecule has 0 aliphatic heterocycles. The van der Waals surface area contributed by atoms with Gasteiger partial charge in [-0.05, 0) is 17.9 Å². The summed E-state index contributed by atoms with van der Waals surface area (Å²) < 4.78 is 5.28. The summed E-state index contributed by atoms with van der Waals surface area (Å²) in [5.41, 5.74) is 0. The van der Waals surface area contributed by atoms with Gasteiger partial charge in [0.05, 0.1) is 11.5 Å². The number of unbranched alkanes of at least 4 members (excludes halogenated alkanes) is 9. The lowest BCUT2D eigenvalue weighted by molar-refractivity contribution is 0.0940. The number of thiophene rings is 1. The van der Waals surface area contributed by atoms with Crippen LogP contribution in [0.5, 0.6) is 0 Å². The van der Waals surface area contributed by atoms with Gasteiger partial charge in [0.1, 0.15) is 0 Å². The molecule has 1 aromatic rings. The number of carbonyl (C=O) groups excluding carboxylic acids is 2. The van der Waals surface area contributed by atoms with Gasteiger partial charge < -0.3 is 9.64 Å². The molecule has 0 aliphatic rings. The molecule has 0 bridgehead atoms. The smallest absolute Gasteiger partial charge is 0.409 e. The second kappa shape index (κ2) is 14.8. The molecule has 0 atom stereocenters. The van der Waals surface area contributed by atoms with E-state index in [4.69, 9.17) is 4.74 Å². The molecule has 148 valence electrons. The Morgan fingerprint density at radius 1 is 1.00 bits per heavy atom. The lowest BCUT2D eigenvalue weighted by Gasteiger charge is -2.16. The van der Waals surface area contributed by atoms with E-state index in [1.807, 2.05) is 17.5 Å². The molecular weight excluding hydrogens is 346 g/mol. The number of ketones is 1. The van der Waals surface area contributed by atoms with Crippen LogP contribution in [0.3, 0.4) is 0 Å². The molecule has 0 unspecified atom stereocenters. The summed E-state index contributed by atoms with van der Waals surface area (Å²) in [4.78, 5) is 26.1. The molecule has 0 aromatic carbocycles. The van der Waals surface area contributed by atoms with E-state index in [0.29, 0.717) is 19.6 Å². The molecule has 0 aliphatic carbocycles. The van der Waals surface area contributed by atoms with Gasteiger partial charge in [0, 0.05) is 20.0 Å². The predicted octanol–water partition coefficient (Wildman–Crippen LogP) is 6.31. The molecule has 26 heavy (non-hydrogen) atoms. The predicted molar refractivity (Wildman–Crippen MR) is 109 cm³/mol. The Kier molecular flexibility index (Phi) is 12.9. The molecule has 1 amide bonds. The summed E-state index contributed by atoms with van der Waals surface area (Å²) in [6.45, 7) is 3.11. The average molecular weight is 382 g/mol. The first-order chi connectivity index (χ1) is 12.6. The molecule has 4 nitrogen and oxygen atoms in total. The zero-order valence-corrected chi connectivity index (χ0v) is 17.3. The van der Waals surface area contributed by atoms with Crippen molar-refractivity contribution in [3.8, 4) is 0 Å². The summed E-state index contributed by atoms with van der Waals surface area (Å²) >= 11 is 1.44. The van der Waals surface area contributed by atoms with Crippen LogP contribution in [0.1, 0.15) is 87.2 Å². The van der Waals surface area contributed by atoms with Gasteiger partial charge in [-0.3, -0.25) is 4.79 Å². The molecule has 0 radical (unpaired) electrons. The fraction of sp³-hybridized carbons (Fsp3) is 0.714. The van der Waals surface area contributed by atoms with Crippen LogP contribution in [-0.2, 0) is 4.74 Å². The Balaban J connectivity index is 1.95. The van der Waals surface area contributed by atoms with Gasteiger partial charge in [-0.25, -0.2) is 4.79 Å². The molecule has 0 fully saturated rings. The van der Waals surface area contributed by atoms with Crippen LogP contribution < -0.4 is 0 Å². The number of hydrogen-bond acceptors (Lipinski definition) is 4. The maximum atomic E-state index is 11.9. The molecule has 1 heterocycles. The monoisotopic (exact) mass is 381 g/mol. The minimum absolute atomic E-state index is 0.0781. The molecule has 1 rings (SSSR count). The largest absolute Gasteiger partial charge is 0.449 e. The number of rotatable bonds is 15. The van der Waals surface area contributed by atoms with Gasteiger partial charge in [0.15, 0.2) is 5.78 Å². The Morgan fingerprint density at radius 2 is 1.62 bits per heavy atom. The highest BCUT2D eigenvalue weighted by Crippen LogP contribution is 2.12. The van der Waals surface area contributed by atoms with E-state index in [1.165, 1.54) is 67.6 Å². The summed E-state index contributed by atoms with van der Waals surface area (Å²) in [5, 5.41) is 1.89. The number of ether oxygens (including phenoxy) is 1. The molecule has 5 heteroatoms. The lowest BCUT2D eigenvalue weighted by Crippen LogP contribution is -2.29. The van der Waals surface area contributed by atoms with Crippen LogP contribution in [0.2, 0.25) is 0 Å². The third kappa shape index (κ3) is 10.6. The minimum Gasteiger partial charge on any atom is -0.449 e. The van der Waals surface area contributed by atoms with Crippen molar-refractivity contribution in [3.05, 3.63) is 22.4 Å². The third-order valence-corrected chi connectivity index (χ3v) is 5.42. The van der Waals surface area contributed by atoms with Crippen LogP contribution in [0.25, 0.3) is 0 Å². The van der Waals surface area contributed by atoms with Crippen LogP contribution in [0.4, 0.5) is 4.79 Å². The Morgan fingerprint density at radius 3 is 2.19 bits per heavy atom. The quantitative estimate of drug-likeness (QED) is 0.264. The second-order valence-electron chi connectivity index (χ2n) is 6.87. The molecule has 1 aromatic heterocycles. The molecule has 0 spiro atoms. The van der Waals surface area contributed by atoms with Crippen molar-refractivity contribution in [1.29, 1.82) is 0 Å². The first-order valence-corrected chi connectivity index (χ1v) is 11.0. The van der Waals surface area contributed by atoms with Crippen molar-refractivity contribution in [2.75, 3.05) is 20.2 Å². The summed E-state index contributed by atoms with van der Waals surface area (Å²) in [7, 11) is 1.68. The van der Waals surface area contributed by atoms with Gasteiger partial charge in [0.2, 0.25) is 0 Å².